The van der Waals surface area contributed by atoms with Crippen molar-refractivity contribution in [2.45, 2.75) is 44.2 Å². The van der Waals surface area contributed by atoms with E-state index in [0.29, 0.717) is 37.2 Å². The summed E-state index contributed by atoms with van der Waals surface area (Å²) in [5.74, 6) is 0.430. The van der Waals surface area contributed by atoms with Crippen LogP contribution in [0.1, 0.15) is 54.0 Å². The van der Waals surface area contributed by atoms with Crippen molar-refractivity contribution in [2.75, 3.05) is 26.8 Å². The molecule has 9 nitrogen and oxygen atoms in total. The maximum Gasteiger partial charge on any atom is 0.346 e. The Morgan fingerprint density at radius 2 is 2.03 bits per heavy atom. The Labute approximate surface area is 184 Å². The number of carbonyl (C=O) groups excluding carboxylic acids is 1. The second-order valence-electron chi connectivity index (χ2n) is 8.52. The molecule has 3 heterocycles. The Morgan fingerprint density at radius 3 is 2.81 bits per heavy atom. The Hall–Kier alpha value is -3.20. The van der Waals surface area contributed by atoms with Gasteiger partial charge in [0.2, 0.25) is 0 Å². The molecule has 0 N–H and O–H groups in total. The van der Waals surface area contributed by atoms with Crippen molar-refractivity contribution in [2.24, 2.45) is 0 Å². The second-order valence-corrected chi connectivity index (χ2v) is 8.52. The molecule has 168 valence electrons. The van der Waals surface area contributed by atoms with E-state index in [1.165, 1.54) is 10.7 Å². The zero-order valence-corrected chi connectivity index (χ0v) is 18.0. The number of hydrogen-bond acceptors (Lipinski definition) is 6. The molecule has 2 aliphatic rings. The van der Waals surface area contributed by atoms with Gasteiger partial charge >= 0.3 is 5.69 Å². The summed E-state index contributed by atoms with van der Waals surface area (Å²) >= 11 is 0. The molecule has 9 heteroatoms. The van der Waals surface area contributed by atoms with Crippen molar-refractivity contribution in [3.05, 3.63) is 62.6 Å². The zero-order chi connectivity index (χ0) is 22.2. The average molecular weight is 438 g/mol. The minimum atomic E-state index is -0.309. The number of rotatable bonds is 6. The summed E-state index contributed by atoms with van der Waals surface area (Å²) in [6.07, 6.45) is 3.58. The predicted molar refractivity (Wildman–Crippen MR) is 117 cm³/mol. The Balaban J connectivity index is 1.42. The smallest absolute Gasteiger partial charge is 0.346 e. The molecule has 0 bridgehead atoms. The number of hydrogen-bond donors (Lipinski definition) is 0. The maximum atomic E-state index is 13.2. The lowest BCUT2D eigenvalue weighted by Gasteiger charge is -2.32. The van der Waals surface area contributed by atoms with E-state index in [1.54, 1.807) is 36.3 Å². The predicted octanol–water partition coefficient (Wildman–Crippen LogP) is 2.15. The molecule has 1 amide bonds. The topological polar surface area (TPSA) is 99.6 Å². The third-order valence-electron chi connectivity index (χ3n) is 6.24. The van der Waals surface area contributed by atoms with E-state index in [2.05, 4.69) is 5.10 Å². The average Bonchev–Trinajstić information content (AvgIpc) is 3.60. The van der Waals surface area contributed by atoms with Gasteiger partial charge < -0.3 is 14.1 Å². The van der Waals surface area contributed by atoms with Crippen LogP contribution < -0.4 is 11.1 Å². The number of benzene rings is 1. The second kappa shape index (κ2) is 8.38. The largest absolute Gasteiger partial charge is 0.451 e. The van der Waals surface area contributed by atoms with E-state index in [4.69, 9.17) is 9.15 Å². The molecular formula is C23H26N4O5. The Morgan fingerprint density at radius 1 is 1.22 bits per heavy atom. The Kier molecular flexibility index (Phi) is 5.42. The van der Waals surface area contributed by atoms with Crippen molar-refractivity contribution in [1.29, 1.82) is 0 Å². The van der Waals surface area contributed by atoms with Crippen molar-refractivity contribution < 1.29 is 13.9 Å². The highest BCUT2D eigenvalue weighted by Gasteiger charge is 2.35. The van der Waals surface area contributed by atoms with Crippen LogP contribution in [-0.2, 0) is 11.3 Å². The normalized spacial score (nSPS) is 18.9. The van der Waals surface area contributed by atoms with Crippen LogP contribution in [0.2, 0.25) is 0 Å². The van der Waals surface area contributed by atoms with E-state index in [0.717, 1.165) is 31.5 Å². The fourth-order valence-corrected chi connectivity index (χ4v) is 4.45. The summed E-state index contributed by atoms with van der Waals surface area (Å²) in [5, 5.41) is 5.08. The van der Waals surface area contributed by atoms with Crippen LogP contribution in [0.4, 0.5) is 0 Å². The SMILES string of the molecule is COCCn1nc(C2CCCN(C(=O)c3cc(=O)c4ccccc4o3)C2)n(C2CC2)c1=O. The van der Waals surface area contributed by atoms with Gasteiger partial charge in [0.25, 0.3) is 5.91 Å². The van der Waals surface area contributed by atoms with Crippen molar-refractivity contribution in [3.63, 3.8) is 0 Å². The summed E-state index contributed by atoms with van der Waals surface area (Å²) in [7, 11) is 1.60. The molecule has 1 atom stereocenters. The van der Waals surface area contributed by atoms with Gasteiger partial charge in [-0.2, -0.15) is 5.10 Å². The lowest BCUT2D eigenvalue weighted by atomic mass is 9.96. The first-order chi connectivity index (χ1) is 15.6. The molecule has 0 radical (unpaired) electrons. The standard InChI is InChI=1S/C23H26N4O5/c1-31-12-11-26-23(30)27(16-8-9-16)21(24-26)15-5-4-10-25(14-15)22(29)20-13-18(28)17-6-2-3-7-19(17)32-20/h2-3,6-7,13,15-16H,4-5,8-12,14H2,1H3. The molecule has 1 saturated heterocycles. The molecule has 0 spiro atoms. The number of fused-ring (bicyclic) bond motifs is 1. The van der Waals surface area contributed by atoms with Crippen LogP contribution in [0.3, 0.4) is 0 Å². The van der Waals surface area contributed by atoms with Gasteiger partial charge in [-0.05, 0) is 37.8 Å². The fourth-order valence-electron chi connectivity index (χ4n) is 4.45. The Bertz CT molecular complexity index is 1270. The number of ether oxygens (including phenoxy) is 1. The van der Waals surface area contributed by atoms with Crippen LogP contribution in [-0.4, -0.2) is 52.0 Å². The minimum Gasteiger partial charge on any atom is -0.451 e. The van der Waals surface area contributed by atoms with Crippen molar-refractivity contribution in [1.82, 2.24) is 19.2 Å². The monoisotopic (exact) mass is 438 g/mol. The van der Waals surface area contributed by atoms with E-state index in [1.807, 2.05) is 4.57 Å². The number of piperidine rings is 1. The van der Waals surface area contributed by atoms with Gasteiger partial charge in [-0.3, -0.25) is 14.2 Å². The van der Waals surface area contributed by atoms with Crippen LogP contribution in [0.5, 0.6) is 0 Å². The van der Waals surface area contributed by atoms with Crippen molar-refractivity contribution in [3.8, 4) is 0 Å². The molecule has 1 aromatic carbocycles. The van der Waals surface area contributed by atoms with Crippen LogP contribution in [0, 0.1) is 0 Å². The summed E-state index contributed by atoms with van der Waals surface area (Å²) in [5.41, 5.74) is 0.0584. The number of para-hydroxylation sites is 1. The number of likely N-dealkylation sites (tertiary alicyclic amines) is 1. The highest BCUT2D eigenvalue weighted by Crippen LogP contribution is 2.37. The fraction of sp³-hybridized carbons (Fsp3) is 0.478. The highest BCUT2D eigenvalue weighted by atomic mass is 16.5. The number of nitrogens with zero attached hydrogens (tertiary/aromatic N) is 4. The van der Waals surface area contributed by atoms with Crippen LogP contribution in [0.15, 0.2) is 44.3 Å². The molecule has 1 aliphatic heterocycles. The molecule has 5 rings (SSSR count). The van der Waals surface area contributed by atoms with E-state index in [-0.39, 0.29) is 34.7 Å². The summed E-state index contributed by atoms with van der Waals surface area (Å²) < 4.78 is 14.2. The maximum absolute atomic E-state index is 13.2. The summed E-state index contributed by atoms with van der Waals surface area (Å²) in [6.45, 7) is 1.82. The molecule has 1 aliphatic carbocycles. The van der Waals surface area contributed by atoms with Gasteiger partial charge in [0.05, 0.1) is 18.5 Å². The van der Waals surface area contributed by atoms with Gasteiger partial charge in [-0.15, -0.1) is 0 Å². The number of aromatic nitrogens is 3. The molecule has 2 aromatic heterocycles. The molecule has 2 fully saturated rings. The first-order valence-electron chi connectivity index (χ1n) is 11.1. The molecule has 1 saturated carbocycles. The quantitative estimate of drug-likeness (QED) is 0.585. The van der Waals surface area contributed by atoms with Gasteiger partial charge in [-0.1, -0.05) is 12.1 Å². The molecule has 3 aromatic rings. The van der Waals surface area contributed by atoms with E-state index < -0.39 is 0 Å². The molecular weight excluding hydrogens is 412 g/mol. The van der Waals surface area contributed by atoms with Gasteiger partial charge in [0, 0.05) is 38.2 Å². The van der Waals surface area contributed by atoms with Gasteiger partial charge in [-0.25, -0.2) is 9.48 Å². The first kappa shape index (κ1) is 20.7. The van der Waals surface area contributed by atoms with E-state index >= 15 is 0 Å². The third-order valence-corrected chi connectivity index (χ3v) is 6.24. The van der Waals surface area contributed by atoms with E-state index in [9.17, 15) is 14.4 Å². The van der Waals surface area contributed by atoms with Crippen LogP contribution in [0.25, 0.3) is 11.0 Å². The summed E-state index contributed by atoms with van der Waals surface area (Å²) in [4.78, 5) is 40.2. The molecule has 1 unspecified atom stereocenters. The number of methoxy groups -OCH3 is 1. The lowest BCUT2D eigenvalue weighted by Crippen LogP contribution is -2.40. The lowest BCUT2D eigenvalue weighted by molar-refractivity contribution is 0.0671. The van der Waals surface area contributed by atoms with Crippen molar-refractivity contribution >= 4 is 16.9 Å². The van der Waals surface area contributed by atoms with Gasteiger partial charge in [0.15, 0.2) is 11.2 Å². The highest BCUT2D eigenvalue weighted by molar-refractivity contribution is 5.93. The number of carbonyl (C=O) groups is 1. The van der Waals surface area contributed by atoms with Gasteiger partial charge in [0.1, 0.15) is 11.4 Å². The summed E-state index contributed by atoms with van der Waals surface area (Å²) in [6, 6.07) is 8.37. The third kappa shape index (κ3) is 3.77. The van der Waals surface area contributed by atoms with Crippen LogP contribution >= 0.6 is 0 Å². The first-order valence-corrected chi connectivity index (χ1v) is 11.1. The minimum absolute atomic E-state index is 0.0413. The number of amides is 1. The zero-order valence-electron chi connectivity index (χ0n) is 18.0. The molecule has 32 heavy (non-hydrogen) atoms.